The number of hydrogen-bond donors (Lipinski definition) is 2. The van der Waals surface area contributed by atoms with Crippen molar-refractivity contribution in [3.8, 4) is 0 Å². The van der Waals surface area contributed by atoms with Gasteiger partial charge in [-0.1, -0.05) is 20.8 Å². The Hall–Kier alpha value is -2.82. The number of alkyl halides is 3. The summed E-state index contributed by atoms with van der Waals surface area (Å²) in [5, 5.41) is 5.31. The molecule has 8 nitrogen and oxygen atoms in total. The molecule has 4 amide bonds. The van der Waals surface area contributed by atoms with Crippen molar-refractivity contribution in [1.82, 2.24) is 10.2 Å². The SMILES string of the molecule is C[C@@H]1CC(C)(C)C[C@]2(C1)NC(=O)N(CC(=O)Nc1cc(C(F)(F)F)ccc1N1CCOCC1)C2=O. The summed E-state index contributed by atoms with van der Waals surface area (Å²) in [6.45, 7) is 7.26. The first kappa shape index (κ1) is 25.3. The number of imide groups is 1. The minimum Gasteiger partial charge on any atom is -0.378 e. The Kier molecular flexibility index (Phi) is 6.50. The monoisotopic (exact) mass is 496 g/mol. The van der Waals surface area contributed by atoms with Crippen molar-refractivity contribution in [3.63, 3.8) is 0 Å². The first-order valence-corrected chi connectivity index (χ1v) is 11.8. The number of ether oxygens (including phenoxy) is 1. The molecular formula is C24H31F3N4O4. The zero-order valence-corrected chi connectivity index (χ0v) is 20.1. The molecule has 0 radical (unpaired) electrons. The first-order valence-electron chi connectivity index (χ1n) is 11.8. The summed E-state index contributed by atoms with van der Waals surface area (Å²) in [6, 6.07) is 2.50. The van der Waals surface area contributed by atoms with E-state index >= 15 is 0 Å². The standard InChI is InChI=1S/C24H31F3N4O4/c1-15-11-22(2,3)14-23(12-15)20(33)31(21(34)29-23)13-19(32)28-17-10-16(24(25,26)27)4-5-18(17)30-6-8-35-9-7-30/h4-5,10,15H,6-9,11-14H2,1-3H3,(H,28,32)(H,29,34)/t15-,23+/m1/s1. The average Bonchev–Trinajstić information content (AvgIpc) is 2.95. The molecule has 2 N–H and O–H groups in total. The molecule has 0 aromatic heterocycles. The quantitative estimate of drug-likeness (QED) is 0.622. The Bertz CT molecular complexity index is 1020. The van der Waals surface area contributed by atoms with Crippen LogP contribution in [-0.2, 0) is 20.5 Å². The third kappa shape index (κ3) is 5.24. The number of hydrogen-bond acceptors (Lipinski definition) is 5. The third-order valence-corrected chi connectivity index (χ3v) is 6.88. The lowest BCUT2D eigenvalue weighted by Gasteiger charge is -2.43. The highest BCUT2D eigenvalue weighted by molar-refractivity contribution is 6.10. The summed E-state index contributed by atoms with van der Waals surface area (Å²) in [5.41, 5.74) is -1.73. The van der Waals surface area contributed by atoms with Gasteiger partial charge in [-0.3, -0.25) is 14.5 Å². The maximum Gasteiger partial charge on any atom is 0.416 e. The lowest BCUT2D eigenvalue weighted by atomic mass is 9.64. The summed E-state index contributed by atoms with van der Waals surface area (Å²) < 4.78 is 45.4. The predicted octanol–water partition coefficient (Wildman–Crippen LogP) is 3.62. The van der Waals surface area contributed by atoms with Crippen LogP contribution in [0.25, 0.3) is 0 Å². The van der Waals surface area contributed by atoms with E-state index in [4.69, 9.17) is 4.74 Å². The average molecular weight is 497 g/mol. The molecule has 0 bridgehead atoms. The first-order chi connectivity index (χ1) is 16.3. The second kappa shape index (κ2) is 9.00. The number of nitrogens with zero attached hydrogens (tertiary/aromatic N) is 2. The van der Waals surface area contributed by atoms with E-state index in [1.807, 2.05) is 25.7 Å². The van der Waals surface area contributed by atoms with Gasteiger partial charge in [0.25, 0.3) is 5.91 Å². The molecule has 0 unspecified atom stereocenters. The molecule has 1 aromatic rings. The topological polar surface area (TPSA) is 91.0 Å². The maximum absolute atomic E-state index is 13.4. The summed E-state index contributed by atoms with van der Waals surface area (Å²) in [7, 11) is 0. The predicted molar refractivity (Wildman–Crippen MR) is 123 cm³/mol. The highest BCUT2D eigenvalue weighted by Gasteiger charge is 2.56. The zero-order valence-electron chi connectivity index (χ0n) is 20.1. The second-order valence-electron chi connectivity index (χ2n) is 10.6. The Morgan fingerprint density at radius 2 is 1.89 bits per heavy atom. The Balaban J connectivity index is 1.54. The van der Waals surface area contributed by atoms with Crippen LogP contribution in [-0.4, -0.2) is 61.1 Å². The van der Waals surface area contributed by atoms with Gasteiger partial charge in [-0.25, -0.2) is 4.79 Å². The zero-order chi connectivity index (χ0) is 25.6. The molecule has 35 heavy (non-hydrogen) atoms. The van der Waals surface area contributed by atoms with E-state index < -0.39 is 41.7 Å². The molecule has 2 saturated heterocycles. The van der Waals surface area contributed by atoms with E-state index in [1.54, 1.807) is 0 Å². The molecule has 11 heteroatoms. The normalized spacial score (nSPS) is 26.7. The number of amides is 4. The van der Waals surface area contributed by atoms with Crippen molar-refractivity contribution in [1.29, 1.82) is 0 Å². The molecule has 2 aliphatic heterocycles. The van der Waals surface area contributed by atoms with Gasteiger partial charge in [0.15, 0.2) is 0 Å². The number of halogens is 3. The minimum absolute atomic E-state index is 0.0269. The molecule has 3 aliphatic rings. The molecule has 1 spiro atoms. The number of carbonyl (C=O) groups excluding carboxylic acids is 3. The number of benzene rings is 1. The van der Waals surface area contributed by atoms with Gasteiger partial charge in [-0.05, 0) is 48.8 Å². The van der Waals surface area contributed by atoms with E-state index in [1.165, 1.54) is 6.07 Å². The van der Waals surface area contributed by atoms with Crippen LogP contribution < -0.4 is 15.5 Å². The molecule has 4 rings (SSSR count). The van der Waals surface area contributed by atoms with Crippen LogP contribution in [0.5, 0.6) is 0 Å². The summed E-state index contributed by atoms with van der Waals surface area (Å²) >= 11 is 0. The molecule has 1 aliphatic carbocycles. The van der Waals surface area contributed by atoms with Crippen LogP contribution >= 0.6 is 0 Å². The van der Waals surface area contributed by atoms with Gasteiger partial charge >= 0.3 is 12.2 Å². The molecule has 192 valence electrons. The van der Waals surface area contributed by atoms with Gasteiger partial charge in [0.2, 0.25) is 5.91 Å². The Morgan fingerprint density at radius 3 is 2.51 bits per heavy atom. The lowest BCUT2D eigenvalue weighted by Crippen LogP contribution is -2.54. The molecule has 3 fully saturated rings. The Morgan fingerprint density at radius 1 is 1.20 bits per heavy atom. The number of urea groups is 1. The van der Waals surface area contributed by atoms with Gasteiger partial charge < -0.3 is 20.3 Å². The van der Waals surface area contributed by atoms with Gasteiger partial charge in [0, 0.05) is 13.1 Å². The number of carbonyl (C=O) groups is 3. The van der Waals surface area contributed by atoms with Crippen molar-refractivity contribution in [2.45, 2.75) is 51.7 Å². The van der Waals surface area contributed by atoms with Gasteiger partial charge in [0.1, 0.15) is 12.1 Å². The molecule has 1 saturated carbocycles. The van der Waals surface area contributed by atoms with E-state index in [2.05, 4.69) is 10.6 Å². The Labute approximate surface area is 202 Å². The summed E-state index contributed by atoms with van der Waals surface area (Å²) in [6.07, 6.45) is -2.74. The van der Waals surface area contributed by atoms with Crippen LogP contribution in [0.1, 0.15) is 45.6 Å². The van der Waals surface area contributed by atoms with Crippen LogP contribution in [0.4, 0.5) is 29.3 Å². The third-order valence-electron chi connectivity index (χ3n) is 6.88. The number of rotatable bonds is 4. The largest absolute Gasteiger partial charge is 0.416 e. The van der Waals surface area contributed by atoms with Crippen LogP contribution in [0.3, 0.4) is 0 Å². The van der Waals surface area contributed by atoms with Crippen LogP contribution in [0.15, 0.2) is 18.2 Å². The van der Waals surface area contributed by atoms with Crippen LogP contribution in [0.2, 0.25) is 0 Å². The molecular weight excluding hydrogens is 465 g/mol. The van der Waals surface area contributed by atoms with Crippen LogP contribution in [0, 0.1) is 11.3 Å². The van der Waals surface area contributed by atoms with Crippen molar-refractivity contribution in [2.24, 2.45) is 11.3 Å². The highest BCUT2D eigenvalue weighted by atomic mass is 19.4. The van der Waals surface area contributed by atoms with E-state index in [0.29, 0.717) is 44.8 Å². The fourth-order valence-corrected chi connectivity index (χ4v) is 5.88. The van der Waals surface area contributed by atoms with Crippen molar-refractivity contribution in [2.75, 3.05) is 43.1 Å². The molecule has 1 aromatic carbocycles. The molecule has 2 atom stereocenters. The highest BCUT2D eigenvalue weighted by Crippen LogP contribution is 2.46. The number of nitrogens with one attached hydrogen (secondary N) is 2. The van der Waals surface area contributed by atoms with Crippen molar-refractivity contribution < 1.29 is 32.3 Å². The summed E-state index contributed by atoms with van der Waals surface area (Å²) in [4.78, 5) is 41.6. The fourth-order valence-electron chi connectivity index (χ4n) is 5.88. The summed E-state index contributed by atoms with van der Waals surface area (Å²) in [5.74, 6) is -1.00. The second-order valence-corrected chi connectivity index (χ2v) is 10.6. The molecule has 2 heterocycles. The fraction of sp³-hybridized carbons (Fsp3) is 0.625. The minimum atomic E-state index is -4.59. The van der Waals surface area contributed by atoms with Gasteiger partial charge in [-0.2, -0.15) is 13.2 Å². The lowest BCUT2D eigenvalue weighted by molar-refractivity contribution is -0.137. The van der Waals surface area contributed by atoms with Crippen molar-refractivity contribution in [3.05, 3.63) is 23.8 Å². The maximum atomic E-state index is 13.4. The van der Waals surface area contributed by atoms with E-state index in [0.717, 1.165) is 23.5 Å². The number of anilines is 2. The number of morpholine rings is 1. The van der Waals surface area contributed by atoms with Crippen molar-refractivity contribution >= 4 is 29.2 Å². The smallest absolute Gasteiger partial charge is 0.378 e. The van der Waals surface area contributed by atoms with Gasteiger partial charge in [0.05, 0.1) is 30.2 Å². The van der Waals surface area contributed by atoms with Gasteiger partial charge in [-0.15, -0.1) is 0 Å². The van der Waals surface area contributed by atoms with E-state index in [-0.39, 0.29) is 17.0 Å². The van der Waals surface area contributed by atoms with E-state index in [9.17, 15) is 27.6 Å².